The maximum absolute atomic E-state index is 4.59. The van der Waals surface area contributed by atoms with Crippen LogP contribution in [0.4, 0.5) is 10.9 Å². The predicted molar refractivity (Wildman–Crippen MR) is 72.4 cm³/mol. The van der Waals surface area contributed by atoms with E-state index in [0.717, 1.165) is 42.0 Å². The van der Waals surface area contributed by atoms with Gasteiger partial charge in [-0.1, -0.05) is 0 Å². The van der Waals surface area contributed by atoms with Crippen LogP contribution in [0, 0.1) is 6.92 Å². The molecule has 2 aromatic rings. The van der Waals surface area contributed by atoms with E-state index in [-0.39, 0.29) is 0 Å². The van der Waals surface area contributed by atoms with Gasteiger partial charge in [0.25, 0.3) is 0 Å². The summed E-state index contributed by atoms with van der Waals surface area (Å²) in [7, 11) is 0. The number of anilines is 2. The number of thiazole rings is 1. The first-order valence-electron chi connectivity index (χ1n) is 6.04. The van der Waals surface area contributed by atoms with Gasteiger partial charge in [0.2, 0.25) is 0 Å². The van der Waals surface area contributed by atoms with Crippen LogP contribution in [0.2, 0.25) is 0 Å². The van der Waals surface area contributed by atoms with E-state index in [0.29, 0.717) is 5.92 Å². The molecule has 2 aromatic heterocycles. The summed E-state index contributed by atoms with van der Waals surface area (Å²) >= 11 is 1.57. The molecule has 1 fully saturated rings. The second-order valence-corrected chi connectivity index (χ2v) is 5.30. The van der Waals surface area contributed by atoms with Crippen LogP contribution >= 0.6 is 11.3 Å². The lowest BCUT2D eigenvalue weighted by atomic mass is 10.1. The van der Waals surface area contributed by atoms with E-state index in [1.54, 1.807) is 17.5 Å². The molecule has 0 amide bonds. The third-order valence-electron chi connectivity index (χ3n) is 2.96. The largest absolute Gasteiger partial charge is 0.316 e. The third kappa shape index (κ3) is 2.49. The molecule has 0 aliphatic carbocycles. The lowest BCUT2D eigenvalue weighted by Gasteiger charge is -2.10. The molecule has 1 atom stereocenters. The Morgan fingerprint density at radius 1 is 1.44 bits per heavy atom. The second-order valence-electron chi connectivity index (χ2n) is 4.40. The van der Waals surface area contributed by atoms with Crippen molar-refractivity contribution in [2.75, 3.05) is 18.4 Å². The predicted octanol–water partition coefficient (Wildman–Crippen LogP) is 2.06. The van der Waals surface area contributed by atoms with Crippen molar-refractivity contribution in [2.45, 2.75) is 19.3 Å². The molecule has 0 bridgehead atoms. The molecule has 5 nitrogen and oxygen atoms in total. The number of hydrogen-bond donors (Lipinski definition) is 2. The summed E-state index contributed by atoms with van der Waals surface area (Å²) in [4.78, 5) is 13.3. The normalized spacial score (nSPS) is 19.1. The Bertz CT molecular complexity index is 519. The number of aromatic nitrogens is 3. The van der Waals surface area contributed by atoms with E-state index in [4.69, 9.17) is 0 Å². The molecule has 0 saturated carbocycles. The lowest BCUT2D eigenvalue weighted by Crippen LogP contribution is -2.11. The highest BCUT2D eigenvalue weighted by Gasteiger charge is 2.20. The van der Waals surface area contributed by atoms with Gasteiger partial charge in [-0.15, -0.1) is 11.3 Å². The molecule has 6 heteroatoms. The molecule has 1 saturated heterocycles. The molecule has 3 heterocycles. The van der Waals surface area contributed by atoms with E-state index in [1.165, 1.54) is 0 Å². The number of rotatable bonds is 3. The number of nitrogens with zero attached hydrogens (tertiary/aromatic N) is 3. The van der Waals surface area contributed by atoms with Crippen molar-refractivity contribution in [2.24, 2.45) is 0 Å². The molecule has 1 unspecified atom stereocenters. The van der Waals surface area contributed by atoms with Gasteiger partial charge in [0.1, 0.15) is 11.6 Å². The number of aryl methyl sites for hydroxylation is 1. The van der Waals surface area contributed by atoms with Gasteiger partial charge in [-0.2, -0.15) is 0 Å². The Balaban J connectivity index is 1.85. The van der Waals surface area contributed by atoms with Gasteiger partial charge in [0, 0.05) is 35.8 Å². The average Bonchev–Trinajstić information content (AvgIpc) is 3.00. The zero-order valence-corrected chi connectivity index (χ0v) is 11.0. The summed E-state index contributed by atoms with van der Waals surface area (Å²) in [6.45, 7) is 4.03. The summed E-state index contributed by atoms with van der Waals surface area (Å²) < 4.78 is 0. The van der Waals surface area contributed by atoms with E-state index in [9.17, 15) is 0 Å². The van der Waals surface area contributed by atoms with Crippen molar-refractivity contribution in [3.05, 3.63) is 29.2 Å². The molecular formula is C12H15N5S. The Morgan fingerprint density at radius 2 is 2.39 bits per heavy atom. The molecule has 3 rings (SSSR count). The fraction of sp³-hybridized carbons (Fsp3) is 0.417. The van der Waals surface area contributed by atoms with Crippen LogP contribution in [0.1, 0.15) is 23.9 Å². The average molecular weight is 261 g/mol. The van der Waals surface area contributed by atoms with Crippen LogP contribution in [-0.2, 0) is 0 Å². The highest BCUT2D eigenvalue weighted by atomic mass is 32.1. The minimum atomic E-state index is 0.432. The van der Waals surface area contributed by atoms with E-state index >= 15 is 0 Å². The van der Waals surface area contributed by atoms with Crippen LogP contribution in [-0.4, -0.2) is 28.0 Å². The molecule has 0 aromatic carbocycles. The molecule has 0 spiro atoms. The van der Waals surface area contributed by atoms with Crippen molar-refractivity contribution >= 4 is 22.3 Å². The fourth-order valence-corrected chi connectivity index (χ4v) is 2.64. The molecule has 1 aliphatic rings. The maximum Gasteiger partial charge on any atom is 0.188 e. The standard InChI is InChI=1S/C12H15N5S/c1-8-6-10(17-12-14-4-5-18-12)16-11(15-8)9-2-3-13-7-9/h4-6,9,13H,2-3,7H2,1H3,(H,14,15,16,17). The Morgan fingerprint density at radius 3 is 3.11 bits per heavy atom. The van der Waals surface area contributed by atoms with Gasteiger partial charge in [-0.05, 0) is 19.9 Å². The topological polar surface area (TPSA) is 62.7 Å². The zero-order chi connectivity index (χ0) is 12.4. The van der Waals surface area contributed by atoms with Crippen molar-refractivity contribution < 1.29 is 0 Å². The molecule has 1 aliphatic heterocycles. The molecule has 2 N–H and O–H groups in total. The first-order valence-corrected chi connectivity index (χ1v) is 6.92. The van der Waals surface area contributed by atoms with Crippen LogP contribution in [0.5, 0.6) is 0 Å². The summed E-state index contributed by atoms with van der Waals surface area (Å²) in [6.07, 6.45) is 2.89. The van der Waals surface area contributed by atoms with Gasteiger partial charge in [0.15, 0.2) is 5.13 Å². The van der Waals surface area contributed by atoms with E-state index < -0.39 is 0 Å². The van der Waals surface area contributed by atoms with Crippen molar-refractivity contribution in [3.8, 4) is 0 Å². The number of nitrogens with one attached hydrogen (secondary N) is 2. The highest BCUT2D eigenvalue weighted by Crippen LogP contribution is 2.22. The van der Waals surface area contributed by atoms with Crippen molar-refractivity contribution in [1.29, 1.82) is 0 Å². The molecule has 0 radical (unpaired) electrons. The first kappa shape index (κ1) is 11.6. The highest BCUT2D eigenvalue weighted by molar-refractivity contribution is 7.13. The molecule has 94 valence electrons. The Kier molecular flexibility index (Phi) is 3.21. The van der Waals surface area contributed by atoms with Crippen molar-refractivity contribution in [1.82, 2.24) is 20.3 Å². The van der Waals surface area contributed by atoms with Gasteiger partial charge in [-0.3, -0.25) is 0 Å². The maximum atomic E-state index is 4.59. The minimum Gasteiger partial charge on any atom is -0.316 e. The summed E-state index contributed by atoms with van der Waals surface area (Å²) in [5, 5.41) is 9.38. The van der Waals surface area contributed by atoms with Gasteiger partial charge in [0.05, 0.1) is 0 Å². The van der Waals surface area contributed by atoms with Gasteiger partial charge >= 0.3 is 0 Å². The minimum absolute atomic E-state index is 0.432. The van der Waals surface area contributed by atoms with Crippen molar-refractivity contribution in [3.63, 3.8) is 0 Å². The number of hydrogen-bond acceptors (Lipinski definition) is 6. The zero-order valence-electron chi connectivity index (χ0n) is 10.2. The third-order valence-corrected chi connectivity index (χ3v) is 3.65. The summed E-state index contributed by atoms with van der Waals surface area (Å²) in [6, 6.07) is 1.95. The molecular weight excluding hydrogens is 246 g/mol. The molecule has 18 heavy (non-hydrogen) atoms. The Hall–Kier alpha value is -1.53. The van der Waals surface area contributed by atoms with E-state index in [2.05, 4.69) is 25.6 Å². The summed E-state index contributed by atoms with van der Waals surface area (Å²) in [5.74, 6) is 2.19. The van der Waals surface area contributed by atoms with Crippen LogP contribution in [0.25, 0.3) is 0 Å². The SMILES string of the molecule is Cc1cc(Nc2nccs2)nc(C2CCNC2)n1. The van der Waals surface area contributed by atoms with E-state index in [1.807, 2.05) is 18.4 Å². The summed E-state index contributed by atoms with van der Waals surface area (Å²) in [5.41, 5.74) is 0.992. The fourth-order valence-electron chi connectivity index (χ4n) is 2.11. The monoisotopic (exact) mass is 261 g/mol. The first-order chi connectivity index (χ1) is 8.81. The van der Waals surface area contributed by atoms with Gasteiger partial charge < -0.3 is 10.6 Å². The Labute approximate surface area is 110 Å². The van der Waals surface area contributed by atoms with Crippen LogP contribution in [0.3, 0.4) is 0 Å². The quantitative estimate of drug-likeness (QED) is 0.885. The lowest BCUT2D eigenvalue weighted by molar-refractivity contribution is 0.698. The smallest absolute Gasteiger partial charge is 0.188 e. The van der Waals surface area contributed by atoms with Gasteiger partial charge in [-0.25, -0.2) is 15.0 Å². The van der Waals surface area contributed by atoms with Crippen LogP contribution < -0.4 is 10.6 Å². The second kappa shape index (κ2) is 4.99. The van der Waals surface area contributed by atoms with Crippen LogP contribution in [0.15, 0.2) is 17.6 Å².